The van der Waals surface area contributed by atoms with Crippen LogP contribution in [0.25, 0.3) is 0 Å². The van der Waals surface area contributed by atoms with Crippen LogP contribution < -0.4 is 10.6 Å². The quantitative estimate of drug-likeness (QED) is 0.776. The van der Waals surface area contributed by atoms with Gasteiger partial charge in [-0.1, -0.05) is 0 Å². The lowest BCUT2D eigenvalue weighted by Crippen LogP contribution is -2.41. The maximum Gasteiger partial charge on any atom is 0.320 e. The van der Waals surface area contributed by atoms with E-state index in [1.54, 1.807) is 0 Å². The molecule has 0 spiro atoms. The van der Waals surface area contributed by atoms with Crippen molar-refractivity contribution in [1.82, 2.24) is 15.5 Å². The Hall–Kier alpha value is -1.82. The summed E-state index contributed by atoms with van der Waals surface area (Å²) in [4.78, 5) is 11.8. The summed E-state index contributed by atoms with van der Waals surface area (Å²) in [5.74, 6) is 0. The van der Waals surface area contributed by atoms with E-state index in [9.17, 15) is 4.79 Å². The number of carbonyl (C=O) groups excluding carboxylic acids is 1. The average molecular weight is 262 g/mol. The summed E-state index contributed by atoms with van der Waals surface area (Å²) in [6, 6.07) is 3.85. The summed E-state index contributed by atoms with van der Waals surface area (Å²) >= 11 is 1.52. The Bertz CT molecular complexity index is 534. The number of hydrogen-bond donors (Lipinski definition) is 3. The first-order chi connectivity index (χ1) is 8.81. The molecule has 0 bridgehead atoms. The van der Waals surface area contributed by atoms with E-state index >= 15 is 0 Å². The van der Waals surface area contributed by atoms with Crippen molar-refractivity contribution in [2.45, 2.75) is 25.3 Å². The van der Waals surface area contributed by atoms with Gasteiger partial charge in [0.1, 0.15) is 0 Å². The molecule has 1 aliphatic carbocycles. The fraction of sp³-hybridized carbons (Fsp3) is 0.333. The van der Waals surface area contributed by atoms with Crippen molar-refractivity contribution in [3.05, 3.63) is 35.0 Å². The highest BCUT2D eigenvalue weighted by Crippen LogP contribution is 2.19. The van der Waals surface area contributed by atoms with Crippen LogP contribution in [0.15, 0.2) is 23.7 Å². The number of nitrogens with one attached hydrogen (secondary N) is 3. The van der Waals surface area contributed by atoms with Crippen LogP contribution in [0.1, 0.15) is 17.7 Å². The third kappa shape index (κ3) is 2.38. The number of hydrogen-bond acceptors (Lipinski definition) is 3. The standard InChI is InChI=1S/C12H14N4OS/c17-12(15-11-2-1-5-18-11)14-9-4-3-8-7-13-16-10(8)6-9/h1-2,5,7,9H,3-4,6H2,(H,13,16)(H2,14,15,17). The highest BCUT2D eigenvalue weighted by molar-refractivity contribution is 7.14. The van der Waals surface area contributed by atoms with Gasteiger partial charge in [-0.15, -0.1) is 11.3 Å². The predicted molar refractivity (Wildman–Crippen MR) is 70.9 cm³/mol. The first-order valence-corrected chi connectivity index (χ1v) is 6.81. The molecular formula is C12H14N4OS. The smallest absolute Gasteiger partial charge is 0.320 e. The molecule has 0 saturated carbocycles. The monoisotopic (exact) mass is 262 g/mol. The zero-order chi connectivity index (χ0) is 12.4. The molecule has 2 amide bonds. The molecule has 2 aromatic rings. The highest BCUT2D eigenvalue weighted by atomic mass is 32.1. The molecule has 1 aliphatic rings. The Kier molecular flexibility index (Phi) is 3.02. The summed E-state index contributed by atoms with van der Waals surface area (Å²) in [6.07, 6.45) is 4.63. The highest BCUT2D eigenvalue weighted by Gasteiger charge is 2.21. The van der Waals surface area contributed by atoms with E-state index in [0.717, 1.165) is 30.0 Å². The van der Waals surface area contributed by atoms with Crippen molar-refractivity contribution in [2.24, 2.45) is 0 Å². The van der Waals surface area contributed by atoms with Crippen LogP contribution in [0.2, 0.25) is 0 Å². The van der Waals surface area contributed by atoms with Gasteiger partial charge in [0.05, 0.1) is 11.2 Å². The number of rotatable bonds is 2. The van der Waals surface area contributed by atoms with E-state index in [4.69, 9.17) is 0 Å². The van der Waals surface area contributed by atoms with E-state index in [0.29, 0.717) is 0 Å². The minimum atomic E-state index is -0.134. The number of aryl methyl sites for hydroxylation is 1. The van der Waals surface area contributed by atoms with E-state index in [-0.39, 0.29) is 12.1 Å². The van der Waals surface area contributed by atoms with Gasteiger partial charge < -0.3 is 5.32 Å². The number of H-pyrrole nitrogens is 1. The van der Waals surface area contributed by atoms with Crippen LogP contribution in [0.3, 0.4) is 0 Å². The van der Waals surface area contributed by atoms with Gasteiger partial charge in [0.25, 0.3) is 0 Å². The summed E-state index contributed by atoms with van der Waals surface area (Å²) in [5, 5.41) is 15.6. The maximum absolute atomic E-state index is 11.8. The Balaban J connectivity index is 1.56. The van der Waals surface area contributed by atoms with Crippen molar-refractivity contribution < 1.29 is 4.79 Å². The molecule has 3 N–H and O–H groups in total. The summed E-state index contributed by atoms with van der Waals surface area (Å²) in [5.41, 5.74) is 2.41. The molecule has 0 saturated heterocycles. The third-order valence-corrected chi connectivity index (χ3v) is 3.90. The van der Waals surface area contributed by atoms with Crippen molar-refractivity contribution >= 4 is 22.4 Å². The molecule has 6 heteroatoms. The number of anilines is 1. The Morgan fingerprint density at radius 2 is 2.50 bits per heavy atom. The van der Waals surface area contributed by atoms with Crippen molar-refractivity contribution in [3.8, 4) is 0 Å². The molecule has 1 atom stereocenters. The topological polar surface area (TPSA) is 69.8 Å². The van der Waals surface area contributed by atoms with Crippen LogP contribution in [0.4, 0.5) is 9.80 Å². The molecule has 2 heterocycles. The van der Waals surface area contributed by atoms with Gasteiger partial charge in [0.15, 0.2) is 0 Å². The second kappa shape index (κ2) is 4.81. The summed E-state index contributed by atoms with van der Waals surface area (Å²) in [6.45, 7) is 0. The van der Waals surface area contributed by atoms with Gasteiger partial charge in [-0.2, -0.15) is 5.10 Å². The van der Waals surface area contributed by atoms with Gasteiger partial charge in [-0.3, -0.25) is 10.4 Å². The molecule has 3 rings (SSSR count). The lowest BCUT2D eigenvalue weighted by Gasteiger charge is -2.22. The van der Waals surface area contributed by atoms with E-state index in [1.807, 2.05) is 23.7 Å². The Morgan fingerprint density at radius 3 is 3.33 bits per heavy atom. The van der Waals surface area contributed by atoms with E-state index in [2.05, 4.69) is 20.8 Å². The lowest BCUT2D eigenvalue weighted by molar-refractivity contribution is 0.247. The zero-order valence-electron chi connectivity index (χ0n) is 9.77. The second-order valence-electron chi connectivity index (χ2n) is 4.39. The molecule has 94 valence electrons. The average Bonchev–Trinajstić information content (AvgIpc) is 2.98. The Labute approximate surface area is 109 Å². The third-order valence-electron chi connectivity index (χ3n) is 3.11. The molecule has 0 aromatic carbocycles. The van der Waals surface area contributed by atoms with Gasteiger partial charge in [-0.25, -0.2) is 4.79 Å². The molecule has 1 unspecified atom stereocenters. The number of aromatic nitrogens is 2. The van der Waals surface area contributed by atoms with Gasteiger partial charge in [-0.05, 0) is 35.9 Å². The van der Waals surface area contributed by atoms with E-state index in [1.165, 1.54) is 16.9 Å². The minimum absolute atomic E-state index is 0.134. The zero-order valence-corrected chi connectivity index (χ0v) is 10.6. The van der Waals surface area contributed by atoms with Gasteiger partial charge in [0, 0.05) is 18.2 Å². The van der Waals surface area contributed by atoms with Crippen LogP contribution in [-0.2, 0) is 12.8 Å². The number of aromatic amines is 1. The molecule has 0 fully saturated rings. The van der Waals surface area contributed by atoms with Crippen LogP contribution in [0, 0.1) is 0 Å². The molecule has 0 radical (unpaired) electrons. The van der Waals surface area contributed by atoms with E-state index < -0.39 is 0 Å². The van der Waals surface area contributed by atoms with Crippen LogP contribution >= 0.6 is 11.3 Å². The Morgan fingerprint density at radius 1 is 1.56 bits per heavy atom. The molecular weight excluding hydrogens is 248 g/mol. The summed E-state index contributed by atoms with van der Waals surface area (Å²) in [7, 11) is 0. The molecule has 18 heavy (non-hydrogen) atoms. The maximum atomic E-state index is 11.8. The van der Waals surface area contributed by atoms with Crippen LogP contribution in [0.5, 0.6) is 0 Å². The largest absolute Gasteiger partial charge is 0.335 e. The number of amides is 2. The number of fused-ring (bicyclic) bond motifs is 1. The lowest BCUT2D eigenvalue weighted by atomic mass is 9.94. The number of carbonyl (C=O) groups is 1. The minimum Gasteiger partial charge on any atom is -0.335 e. The molecule has 5 nitrogen and oxygen atoms in total. The van der Waals surface area contributed by atoms with Crippen molar-refractivity contribution in [2.75, 3.05) is 5.32 Å². The van der Waals surface area contributed by atoms with Gasteiger partial charge in [0.2, 0.25) is 0 Å². The normalized spacial score (nSPS) is 18.1. The number of nitrogens with zero attached hydrogens (tertiary/aromatic N) is 1. The number of thiophene rings is 1. The van der Waals surface area contributed by atoms with Crippen LogP contribution in [-0.4, -0.2) is 22.3 Å². The fourth-order valence-electron chi connectivity index (χ4n) is 2.21. The molecule has 2 aromatic heterocycles. The first-order valence-electron chi connectivity index (χ1n) is 5.93. The SMILES string of the molecule is O=C(Nc1cccs1)NC1CCc2cn[nH]c2C1. The van der Waals surface area contributed by atoms with Crippen molar-refractivity contribution in [1.29, 1.82) is 0 Å². The second-order valence-corrected chi connectivity index (χ2v) is 5.34. The summed E-state index contributed by atoms with van der Waals surface area (Å²) < 4.78 is 0. The van der Waals surface area contributed by atoms with Gasteiger partial charge >= 0.3 is 6.03 Å². The fourth-order valence-corrected chi connectivity index (χ4v) is 2.83. The first kappa shape index (κ1) is 11.3. The molecule has 0 aliphatic heterocycles. The van der Waals surface area contributed by atoms with Crippen molar-refractivity contribution in [3.63, 3.8) is 0 Å². The number of urea groups is 1. The predicted octanol–water partition coefficient (Wildman–Crippen LogP) is 2.15.